The van der Waals surface area contributed by atoms with Crippen molar-refractivity contribution in [3.05, 3.63) is 47.7 Å². The molecule has 1 aromatic carbocycles. The van der Waals surface area contributed by atoms with E-state index in [4.69, 9.17) is 9.47 Å². The van der Waals surface area contributed by atoms with Crippen molar-refractivity contribution in [2.75, 3.05) is 75.4 Å². The van der Waals surface area contributed by atoms with Gasteiger partial charge in [-0.15, -0.1) is 0 Å². The van der Waals surface area contributed by atoms with Crippen LogP contribution >= 0.6 is 0 Å². The molecule has 4 heterocycles. The molecule has 4 aliphatic rings. The second-order valence-electron chi connectivity index (χ2n) is 11.2. The molecule has 1 amide bonds. The molecular weight excluding hydrogens is 478 g/mol. The largest absolute Gasteiger partial charge is 0.489 e. The standard InChI is InChI=1S/C30H41N5O3/c36-30(25-3-7-27(8-4-25)34-18-21-37-22-19-34)32-26-5-1-23(2-6-26)10-13-33-14-16-35(17-15-33)29-28-24(9-12-31-29)11-20-38-28/h3-4,7-9,12,23,26H,1-2,5-6,10-11,13-22H2,(H,32,36). The molecule has 1 saturated carbocycles. The number of nitrogens with one attached hydrogen (secondary N) is 1. The summed E-state index contributed by atoms with van der Waals surface area (Å²) in [5.41, 5.74) is 3.22. The molecule has 0 bridgehead atoms. The van der Waals surface area contributed by atoms with Gasteiger partial charge in [-0.2, -0.15) is 0 Å². The van der Waals surface area contributed by atoms with Gasteiger partial charge in [0.1, 0.15) is 0 Å². The van der Waals surface area contributed by atoms with Gasteiger partial charge in [-0.05, 0) is 74.9 Å². The summed E-state index contributed by atoms with van der Waals surface area (Å²) in [6.45, 7) is 9.50. The third-order valence-corrected chi connectivity index (χ3v) is 8.80. The fourth-order valence-corrected chi connectivity index (χ4v) is 6.38. The molecule has 3 aliphatic heterocycles. The lowest BCUT2D eigenvalue weighted by molar-refractivity contribution is 0.0919. The highest BCUT2D eigenvalue weighted by Crippen LogP contribution is 2.34. The number of fused-ring (bicyclic) bond motifs is 1. The van der Waals surface area contributed by atoms with Crippen LogP contribution in [0.4, 0.5) is 11.5 Å². The zero-order chi connectivity index (χ0) is 25.7. The number of pyridine rings is 1. The Hall–Kier alpha value is -2.84. The Labute approximate surface area is 226 Å². The maximum Gasteiger partial charge on any atom is 0.251 e. The van der Waals surface area contributed by atoms with E-state index in [1.165, 1.54) is 37.1 Å². The molecule has 38 heavy (non-hydrogen) atoms. The Balaban J connectivity index is 0.898. The van der Waals surface area contributed by atoms with Gasteiger partial charge in [-0.3, -0.25) is 9.69 Å². The van der Waals surface area contributed by atoms with Gasteiger partial charge < -0.3 is 24.6 Å². The Kier molecular flexibility index (Phi) is 7.97. The smallest absolute Gasteiger partial charge is 0.251 e. The second kappa shape index (κ2) is 11.9. The molecular formula is C30H41N5O3. The Morgan fingerprint density at radius 3 is 2.42 bits per heavy atom. The molecule has 0 radical (unpaired) electrons. The van der Waals surface area contributed by atoms with Crippen LogP contribution in [0.15, 0.2) is 36.5 Å². The minimum Gasteiger partial charge on any atom is -0.489 e. The molecule has 8 nitrogen and oxygen atoms in total. The van der Waals surface area contributed by atoms with Crippen molar-refractivity contribution in [3.8, 4) is 5.75 Å². The second-order valence-corrected chi connectivity index (χ2v) is 11.2. The van der Waals surface area contributed by atoms with Crippen LogP contribution in [0.3, 0.4) is 0 Å². The van der Waals surface area contributed by atoms with Crippen LogP contribution in [-0.4, -0.2) is 87.5 Å². The molecule has 0 unspecified atom stereocenters. The van der Waals surface area contributed by atoms with Crippen LogP contribution in [0.2, 0.25) is 0 Å². The first-order valence-electron chi connectivity index (χ1n) is 14.5. The highest BCUT2D eigenvalue weighted by Gasteiger charge is 2.27. The van der Waals surface area contributed by atoms with Gasteiger partial charge in [0.05, 0.1) is 19.8 Å². The molecule has 0 spiro atoms. The average Bonchev–Trinajstić information content (AvgIpc) is 3.47. The predicted molar refractivity (Wildman–Crippen MR) is 149 cm³/mol. The Bertz CT molecular complexity index is 1070. The topological polar surface area (TPSA) is 70.2 Å². The third kappa shape index (κ3) is 5.91. The van der Waals surface area contributed by atoms with Crippen molar-refractivity contribution < 1.29 is 14.3 Å². The van der Waals surface area contributed by atoms with Crippen LogP contribution in [0.1, 0.15) is 48.0 Å². The van der Waals surface area contributed by atoms with E-state index in [9.17, 15) is 4.79 Å². The van der Waals surface area contributed by atoms with Crippen LogP contribution in [0.25, 0.3) is 0 Å². The quantitative estimate of drug-likeness (QED) is 0.602. The predicted octanol–water partition coefficient (Wildman–Crippen LogP) is 3.35. The first-order chi connectivity index (χ1) is 18.7. The van der Waals surface area contributed by atoms with Crippen molar-refractivity contribution in [2.24, 2.45) is 5.92 Å². The summed E-state index contributed by atoms with van der Waals surface area (Å²) in [6, 6.07) is 10.4. The number of morpholine rings is 1. The summed E-state index contributed by atoms with van der Waals surface area (Å²) in [6.07, 6.45) is 8.76. The summed E-state index contributed by atoms with van der Waals surface area (Å²) in [5, 5.41) is 3.29. The molecule has 2 saturated heterocycles. The lowest BCUT2D eigenvalue weighted by Crippen LogP contribution is -2.47. The number of hydrogen-bond donors (Lipinski definition) is 1. The fraction of sp³-hybridized carbons (Fsp3) is 0.600. The number of amides is 1. The number of carbonyl (C=O) groups excluding carboxylic acids is 1. The summed E-state index contributed by atoms with van der Waals surface area (Å²) >= 11 is 0. The van der Waals surface area contributed by atoms with Gasteiger partial charge in [-0.25, -0.2) is 4.98 Å². The van der Waals surface area contributed by atoms with E-state index >= 15 is 0 Å². The number of carbonyl (C=O) groups is 1. The number of ether oxygens (including phenoxy) is 2. The van der Waals surface area contributed by atoms with E-state index < -0.39 is 0 Å². The third-order valence-electron chi connectivity index (χ3n) is 8.80. The Morgan fingerprint density at radius 1 is 0.895 bits per heavy atom. The summed E-state index contributed by atoms with van der Waals surface area (Å²) < 4.78 is 11.3. The van der Waals surface area contributed by atoms with Crippen molar-refractivity contribution in [1.29, 1.82) is 0 Å². The summed E-state index contributed by atoms with van der Waals surface area (Å²) in [4.78, 5) is 24.8. The Morgan fingerprint density at radius 2 is 1.66 bits per heavy atom. The first-order valence-corrected chi connectivity index (χ1v) is 14.5. The molecule has 2 aromatic rings. The van der Waals surface area contributed by atoms with Gasteiger partial charge in [0.2, 0.25) is 0 Å². The minimum atomic E-state index is 0.0591. The van der Waals surface area contributed by atoms with E-state index in [0.717, 1.165) is 101 Å². The lowest BCUT2D eigenvalue weighted by atomic mass is 9.84. The number of benzene rings is 1. The first kappa shape index (κ1) is 25.4. The SMILES string of the molecule is O=C(NC1CCC(CCN2CCN(c3nccc4c3OCC4)CC2)CC1)c1ccc(N2CCOCC2)cc1. The van der Waals surface area contributed by atoms with Crippen molar-refractivity contribution >= 4 is 17.4 Å². The number of hydrogen-bond acceptors (Lipinski definition) is 7. The number of nitrogens with zero attached hydrogens (tertiary/aromatic N) is 4. The summed E-state index contributed by atoms with van der Waals surface area (Å²) in [5.74, 6) is 2.87. The number of aromatic nitrogens is 1. The summed E-state index contributed by atoms with van der Waals surface area (Å²) in [7, 11) is 0. The normalized spacial score (nSPS) is 24.1. The molecule has 1 aliphatic carbocycles. The van der Waals surface area contributed by atoms with E-state index in [1.807, 2.05) is 18.3 Å². The maximum atomic E-state index is 12.8. The van der Waals surface area contributed by atoms with Crippen LogP contribution in [0.5, 0.6) is 5.75 Å². The van der Waals surface area contributed by atoms with E-state index in [2.05, 4.69) is 43.2 Å². The molecule has 1 aromatic heterocycles. The van der Waals surface area contributed by atoms with Crippen LogP contribution in [0, 0.1) is 5.92 Å². The molecule has 3 fully saturated rings. The van der Waals surface area contributed by atoms with E-state index in [-0.39, 0.29) is 5.91 Å². The van der Waals surface area contributed by atoms with Gasteiger partial charge in [0, 0.05) is 74.7 Å². The molecule has 0 atom stereocenters. The number of anilines is 2. The highest BCUT2D eigenvalue weighted by atomic mass is 16.5. The van der Waals surface area contributed by atoms with Crippen LogP contribution in [-0.2, 0) is 11.2 Å². The zero-order valence-corrected chi connectivity index (χ0v) is 22.4. The van der Waals surface area contributed by atoms with Gasteiger partial charge in [0.25, 0.3) is 5.91 Å². The monoisotopic (exact) mass is 519 g/mol. The molecule has 204 valence electrons. The van der Waals surface area contributed by atoms with E-state index in [0.29, 0.717) is 6.04 Å². The van der Waals surface area contributed by atoms with Crippen LogP contribution < -0.4 is 19.9 Å². The van der Waals surface area contributed by atoms with Gasteiger partial charge in [0.15, 0.2) is 11.6 Å². The zero-order valence-electron chi connectivity index (χ0n) is 22.4. The number of rotatable bonds is 7. The van der Waals surface area contributed by atoms with Gasteiger partial charge in [-0.1, -0.05) is 0 Å². The molecule has 8 heteroatoms. The van der Waals surface area contributed by atoms with Crippen molar-refractivity contribution in [3.63, 3.8) is 0 Å². The van der Waals surface area contributed by atoms with Gasteiger partial charge >= 0.3 is 0 Å². The maximum absolute atomic E-state index is 12.8. The lowest BCUT2D eigenvalue weighted by Gasteiger charge is -2.37. The fourth-order valence-electron chi connectivity index (χ4n) is 6.38. The average molecular weight is 520 g/mol. The van der Waals surface area contributed by atoms with Crippen molar-refractivity contribution in [2.45, 2.75) is 44.6 Å². The van der Waals surface area contributed by atoms with Crippen molar-refractivity contribution in [1.82, 2.24) is 15.2 Å². The molecule has 1 N–H and O–H groups in total. The van der Waals surface area contributed by atoms with E-state index in [1.54, 1.807) is 0 Å². The molecule has 6 rings (SSSR count). The number of piperazine rings is 1. The minimum absolute atomic E-state index is 0.0591. The highest BCUT2D eigenvalue weighted by molar-refractivity contribution is 5.94.